The minimum atomic E-state index is -0.579. The maximum atomic E-state index is 12.3. The van der Waals surface area contributed by atoms with Crippen molar-refractivity contribution in [3.8, 4) is 5.75 Å². The summed E-state index contributed by atoms with van der Waals surface area (Å²) in [6.45, 7) is 2.49. The van der Waals surface area contributed by atoms with Gasteiger partial charge >= 0.3 is 0 Å². The molecule has 0 radical (unpaired) electrons. The standard InChI is InChI=1S/C16H22N4O2/c1-11-8-12(4-5-15(11)22-3)10-20(2)16(21)14(17)9-13-6-7-18-19-13/h4-8,14H,9-10,17H2,1-3H3,(H,18,19). The highest BCUT2D eigenvalue weighted by Gasteiger charge is 2.19. The topological polar surface area (TPSA) is 84.2 Å². The van der Waals surface area contributed by atoms with Gasteiger partial charge < -0.3 is 15.4 Å². The number of ether oxygens (including phenoxy) is 1. The second-order valence-electron chi connectivity index (χ2n) is 5.39. The van der Waals surface area contributed by atoms with Crippen molar-refractivity contribution < 1.29 is 9.53 Å². The van der Waals surface area contributed by atoms with Gasteiger partial charge in [0.05, 0.1) is 13.2 Å². The SMILES string of the molecule is COc1ccc(CN(C)C(=O)C(N)Cc2ccn[nH]2)cc1C. The lowest BCUT2D eigenvalue weighted by Crippen LogP contribution is -2.42. The van der Waals surface area contributed by atoms with Gasteiger partial charge in [-0.2, -0.15) is 5.10 Å². The van der Waals surface area contributed by atoms with Crippen LogP contribution in [0.25, 0.3) is 0 Å². The van der Waals surface area contributed by atoms with Gasteiger partial charge in [-0.05, 0) is 30.2 Å². The van der Waals surface area contributed by atoms with Crippen molar-refractivity contribution >= 4 is 5.91 Å². The van der Waals surface area contributed by atoms with Crippen LogP contribution in [0.15, 0.2) is 30.5 Å². The molecule has 1 atom stereocenters. The van der Waals surface area contributed by atoms with E-state index >= 15 is 0 Å². The molecular weight excluding hydrogens is 280 g/mol. The lowest BCUT2D eigenvalue weighted by atomic mass is 10.1. The Labute approximate surface area is 130 Å². The Morgan fingerprint density at radius 3 is 2.82 bits per heavy atom. The largest absolute Gasteiger partial charge is 0.496 e. The number of nitrogens with two attached hydrogens (primary N) is 1. The molecule has 1 amide bonds. The number of aromatic nitrogens is 2. The van der Waals surface area contributed by atoms with Gasteiger partial charge in [0.2, 0.25) is 5.91 Å². The Kier molecular flexibility index (Phi) is 5.16. The minimum absolute atomic E-state index is 0.0944. The van der Waals surface area contributed by atoms with Crippen molar-refractivity contribution in [3.63, 3.8) is 0 Å². The van der Waals surface area contributed by atoms with Crippen LogP contribution in [0.2, 0.25) is 0 Å². The summed E-state index contributed by atoms with van der Waals surface area (Å²) in [5.41, 5.74) is 8.92. The van der Waals surface area contributed by atoms with Crippen LogP contribution in [0.5, 0.6) is 5.75 Å². The molecule has 6 nitrogen and oxygen atoms in total. The summed E-state index contributed by atoms with van der Waals surface area (Å²) in [4.78, 5) is 14.0. The molecule has 0 bridgehead atoms. The molecule has 2 aromatic rings. The molecule has 3 N–H and O–H groups in total. The maximum Gasteiger partial charge on any atom is 0.239 e. The smallest absolute Gasteiger partial charge is 0.239 e. The van der Waals surface area contributed by atoms with Gasteiger partial charge in [0.15, 0.2) is 0 Å². The zero-order valence-corrected chi connectivity index (χ0v) is 13.2. The second-order valence-corrected chi connectivity index (χ2v) is 5.39. The molecule has 1 aromatic carbocycles. The summed E-state index contributed by atoms with van der Waals surface area (Å²) < 4.78 is 5.24. The van der Waals surface area contributed by atoms with Gasteiger partial charge in [0.1, 0.15) is 5.75 Å². The van der Waals surface area contributed by atoms with Gasteiger partial charge in [-0.25, -0.2) is 0 Å². The van der Waals surface area contributed by atoms with Gasteiger partial charge in [-0.3, -0.25) is 9.89 Å². The molecule has 118 valence electrons. The number of benzene rings is 1. The van der Waals surface area contributed by atoms with Crippen LogP contribution < -0.4 is 10.5 Å². The van der Waals surface area contributed by atoms with Crippen LogP contribution >= 0.6 is 0 Å². The van der Waals surface area contributed by atoms with E-state index in [1.54, 1.807) is 25.3 Å². The zero-order valence-electron chi connectivity index (χ0n) is 13.2. The molecule has 2 rings (SSSR count). The number of methoxy groups -OCH3 is 1. The first-order valence-corrected chi connectivity index (χ1v) is 7.13. The molecule has 1 unspecified atom stereocenters. The van der Waals surface area contributed by atoms with Gasteiger partial charge in [0.25, 0.3) is 0 Å². The molecular formula is C16H22N4O2. The third kappa shape index (κ3) is 3.85. The van der Waals surface area contributed by atoms with E-state index in [9.17, 15) is 4.79 Å². The van der Waals surface area contributed by atoms with Gasteiger partial charge in [0, 0.05) is 31.9 Å². The number of aryl methyl sites for hydroxylation is 1. The minimum Gasteiger partial charge on any atom is -0.496 e. The monoisotopic (exact) mass is 302 g/mol. The predicted molar refractivity (Wildman–Crippen MR) is 84.5 cm³/mol. The third-order valence-electron chi connectivity index (χ3n) is 3.57. The molecule has 0 aliphatic rings. The number of rotatable bonds is 6. The number of aromatic amines is 1. The van der Waals surface area contributed by atoms with Gasteiger partial charge in [-0.15, -0.1) is 0 Å². The van der Waals surface area contributed by atoms with Crippen molar-refractivity contribution in [3.05, 3.63) is 47.3 Å². The molecule has 1 heterocycles. The highest BCUT2D eigenvalue weighted by Crippen LogP contribution is 2.19. The number of likely N-dealkylation sites (N-methyl/N-ethyl adjacent to an activating group) is 1. The number of hydrogen-bond acceptors (Lipinski definition) is 4. The van der Waals surface area contributed by atoms with Crippen LogP contribution in [0.4, 0.5) is 0 Å². The summed E-state index contributed by atoms with van der Waals surface area (Å²) in [6.07, 6.45) is 2.10. The number of nitrogens with zero attached hydrogens (tertiary/aromatic N) is 2. The van der Waals surface area contributed by atoms with Crippen LogP contribution in [0, 0.1) is 6.92 Å². The first-order chi connectivity index (χ1) is 10.5. The lowest BCUT2D eigenvalue weighted by molar-refractivity contribution is -0.131. The molecule has 0 spiro atoms. The molecule has 0 fully saturated rings. The van der Waals surface area contributed by atoms with Crippen molar-refractivity contribution in [2.45, 2.75) is 25.9 Å². The summed E-state index contributed by atoms with van der Waals surface area (Å²) >= 11 is 0. The van der Waals surface area contributed by atoms with E-state index in [4.69, 9.17) is 10.5 Å². The van der Waals surface area contributed by atoms with Crippen molar-refractivity contribution in [1.29, 1.82) is 0 Å². The molecule has 0 saturated heterocycles. The van der Waals surface area contributed by atoms with E-state index in [1.165, 1.54) is 0 Å². The average Bonchev–Trinajstić information content (AvgIpc) is 2.99. The highest BCUT2D eigenvalue weighted by molar-refractivity contribution is 5.81. The number of hydrogen-bond donors (Lipinski definition) is 2. The second kappa shape index (κ2) is 7.09. The summed E-state index contributed by atoms with van der Waals surface area (Å²) in [5, 5.41) is 6.67. The van der Waals surface area contributed by atoms with E-state index in [0.717, 1.165) is 22.6 Å². The fraction of sp³-hybridized carbons (Fsp3) is 0.375. The lowest BCUT2D eigenvalue weighted by Gasteiger charge is -2.21. The number of carbonyl (C=O) groups excluding carboxylic acids is 1. The fourth-order valence-corrected chi connectivity index (χ4v) is 2.40. The van der Waals surface area contributed by atoms with E-state index in [2.05, 4.69) is 10.2 Å². The Bertz CT molecular complexity index is 625. The first-order valence-electron chi connectivity index (χ1n) is 7.13. The summed E-state index contributed by atoms with van der Waals surface area (Å²) in [7, 11) is 3.40. The first kappa shape index (κ1) is 16.0. The van der Waals surface area contributed by atoms with Crippen LogP contribution in [0.1, 0.15) is 16.8 Å². The number of carbonyl (C=O) groups is 1. The van der Waals surface area contributed by atoms with Crippen molar-refractivity contribution in [1.82, 2.24) is 15.1 Å². The predicted octanol–water partition coefficient (Wildman–Crippen LogP) is 1.26. The molecule has 6 heteroatoms. The molecule has 0 aliphatic heterocycles. The quantitative estimate of drug-likeness (QED) is 0.841. The Morgan fingerprint density at radius 1 is 1.45 bits per heavy atom. The normalized spacial score (nSPS) is 12.0. The molecule has 22 heavy (non-hydrogen) atoms. The maximum absolute atomic E-state index is 12.3. The van der Waals surface area contributed by atoms with E-state index in [1.807, 2.05) is 31.2 Å². The Morgan fingerprint density at radius 2 is 2.23 bits per heavy atom. The molecule has 1 aromatic heterocycles. The summed E-state index contributed by atoms with van der Waals surface area (Å²) in [6, 6.07) is 7.12. The van der Waals surface area contributed by atoms with E-state index < -0.39 is 6.04 Å². The number of amides is 1. The number of nitrogens with one attached hydrogen (secondary N) is 1. The third-order valence-corrected chi connectivity index (χ3v) is 3.57. The average molecular weight is 302 g/mol. The molecule has 0 saturated carbocycles. The number of H-pyrrole nitrogens is 1. The van der Waals surface area contributed by atoms with E-state index in [0.29, 0.717) is 13.0 Å². The Hall–Kier alpha value is -2.34. The highest BCUT2D eigenvalue weighted by atomic mass is 16.5. The summed E-state index contributed by atoms with van der Waals surface area (Å²) in [5.74, 6) is 0.747. The zero-order chi connectivity index (χ0) is 16.1. The van der Waals surface area contributed by atoms with Gasteiger partial charge in [-0.1, -0.05) is 12.1 Å². The van der Waals surface area contributed by atoms with Crippen LogP contribution in [-0.2, 0) is 17.8 Å². The Balaban J connectivity index is 1.97. The van der Waals surface area contributed by atoms with Crippen LogP contribution in [0.3, 0.4) is 0 Å². The fourth-order valence-electron chi connectivity index (χ4n) is 2.40. The van der Waals surface area contributed by atoms with Crippen molar-refractivity contribution in [2.75, 3.05) is 14.2 Å². The van der Waals surface area contributed by atoms with Crippen molar-refractivity contribution in [2.24, 2.45) is 5.73 Å². The molecule has 0 aliphatic carbocycles. The van der Waals surface area contributed by atoms with E-state index in [-0.39, 0.29) is 5.91 Å². The van der Waals surface area contributed by atoms with Crippen LogP contribution in [-0.4, -0.2) is 41.2 Å².